The van der Waals surface area contributed by atoms with Crippen LogP contribution in [0.2, 0.25) is 0 Å². The van der Waals surface area contributed by atoms with Crippen LogP contribution in [0.25, 0.3) is 16.9 Å². The summed E-state index contributed by atoms with van der Waals surface area (Å²) in [5.41, 5.74) is -0.551. The topological polar surface area (TPSA) is 236 Å². The molecule has 2 heterocycles. The van der Waals surface area contributed by atoms with Gasteiger partial charge < -0.3 is 48.9 Å². The van der Waals surface area contributed by atoms with Crippen molar-refractivity contribution in [2.75, 3.05) is 132 Å². The number of esters is 4. The minimum atomic E-state index is -1.19. The zero-order chi connectivity index (χ0) is 70.7. The van der Waals surface area contributed by atoms with Crippen LogP contribution in [0.3, 0.4) is 0 Å². The first-order chi connectivity index (χ1) is 44.9. The van der Waals surface area contributed by atoms with Crippen molar-refractivity contribution in [2.45, 2.75) is 182 Å². The van der Waals surface area contributed by atoms with Gasteiger partial charge in [-0.05, 0) is 220 Å². The first kappa shape index (κ1) is 76.7. The molecule has 23 heteroatoms. The molecule has 0 unspecified atom stereocenters. The zero-order valence-corrected chi connectivity index (χ0v) is 61.1. The highest BCUT2D eigenvalue weighted by atomic mass is 16.6. The molecule has 5 aliphatic rings. The highest BCUT2D eigenvalue weighted by Crippen LogP contribution is 2.59. The minimum absolute atomic E-state index is 0.0298. The summed E-state index contributed by atoms with van der Waals surface area (Å²) in [4.78, 5) is 109. The van der Waals surface area contributed by atoms with Crippen LogP contribution in [0.15, 0.2) is 42.5 Å². The van der Waals surface area contributed by atoms with Crippen molar-refractivity contribution in [3.63, 3.8) is 0 Å². The first-order valence-corrected chi connectivity index (χ1v) is 34.7. The maximum absolute atomic E-state index is 15.0. The molecule has 0 spiro atoms. The van der Waals surface area contributed by atoms with Gasteiger partial charge in [-0.3, -0.25) is 48.4 Å². The Morgan fingerprint density at radius 3 is 1.47 bits per heavy atom. The second-order valence-corrected chi connectivity index (χ2v) is 31.4. The molecule has 534 valence electrons. The number of amides is 3. The van der Waals surface area contributed by atoms with Gasteiger partial charge in [0.25, 0.3) is 5.91 Å². The van der Waals surface area contributed by atoms with Gasteiger partial charge in [-0.25, -0.2) is 9.48 Å². The molecular formula is C73H114N10O13. The molecule has 4 saturated carbocycles. The van der Waals surface area contributed by atoms with E-state index in [0.717, 1.165) is 31.2 Å². The molecule has 4 bridgehead atoms. The van der Waals surface area contributed by atoms with E-state index in [1.165, 1.54) is 6.42 Å². The highest BCUT2D eigenvalue weighted by molar-refractivity contribution is 5.99. The Labute approximate surface area is 571 Å². The molecule has 1 saturated heterocycles. The largest absolute Gasteiger partial charge is 0.496 e. The van der Waals surface area contributed by atoms with Gasteiger partial charge in [0.1, 0.15) is 39.4 Å². The Balaban J connectivity index is 0.976. The number of carbonyl (C=O) groups is 7. The number of anilines is 1. The van der Waals surface area contributed by atoms with E-state index in [0.29, 0.717) is 131 Å². The summed E-state index contributed by atoms with van der Waals surface area (Å²) in [7, 11) is 6.98. The standard InChI is InChI=1S/C73H114N10O13/c1-49(2)55-43-54(25-26-57(55)83-58(66-59(91-17)22-19-23-60(66)92-18)44-56(76-83)67(89)75-73(68(90)96-72(12,13)14)52-39-50-38-51(41-52)42-53(73)40-50)74-61(84)24-20-27-77(15)28-21-29-78(16)62(85)45-79-30-32-80(46-63(86)93-69(3,4)5)34-36-82(48-65(88)95-71(9,10)11)37-35-81(33-31-79)47-64(87)94-70(6,7)8/h19,22-23,25-26,43-44,49-53H,20-21,24,27-42,45-48H2,1-18H3,(H,74,84)(H,75,89). The minimum Gasteiger partial charge on any atom is -0.496 e. The molecule has 3 amide bonds. The number of methoxy groups -OCH3 is 2. The summed E-state index contributed by atoms with van der Waals surface area (Å²) in [5, 5.41) is 11.5. The van der Waals surface area contributed by atoms with Crippen LogP contribution in [0.1, 0.15) is 170 Å². The number of likely N-dealkylation sites (N-methyl/N-ethyl adjacent to an activating group) is 1. The van der Waals surface area contributed by atoms with Gasteiger partial charge in [0.05, 0.1) is 57.3 Å². The quantitative estimate of drug-likeness (QED) is 0.0596. The van der Waals surface area contributed by atoms with Crippen molar-refractivity contribution in [1.29, 1.82) is 0 Å². The third kappa shape index (κ3) is 22.2. The molecule has 4 aliphatic carbocycles. The van der Waals surface area contributed by atoms with Gasteiger partial charge in [-0.15, -0.1) is 0 Å². The molecule has 0 radical (unpaired) electrons. The molecule has 0 atom stereocenters. The van der Waals surface area contributed by atoms with Crippen molar-refractivity contribution in [3.05, 3.63) is 53.7 Å². The van der Waals surface area contributed by atoms with Crippen LogP contribution >= 0.6 is 0 Å². The van der Waals surface area contributed by atoms with E-state index in [1.54, 1.807) is 36.9 Å². The average molecular weight is 1340 g/mol. The molecule has 5 fully saturated rings. The number of hydrogen-bond donors (Lipinski definition) is 2. The first-order valence-electron chi connectivity index (χ1n) is 34.7. The lowest BCUT2D eigenvalue weighted by molar-refractivity contribution is -0.181. The Morgan fingerprint density at radius 1 is 0.583 bits per heavy atom. The summed E-state index contributed by atoms with van der Waals surface area (Å²) in [6, 6.07) is 12.9. The normalized spacial score (nSPS) is 21.0. The van der Waals surface area contributed by atoms with Gasteiger partial charge >= 0.3 is 23.9 Å². The van der Waals surface area contributed by atoms with Crippen molar-refractivity contribution < 1.29 is 62.0 Å². The highest BCUT2D eigenvalue weighted by Gasteiger charge is 2.63. The number of hydrogen-bond acceptors (Lipinski definition) is 19. The molecule has 1 aliphatic heterocycles. The van der Waals surface area contributed by atoms with Crippen LogP contribution in [0, 0.1) is 23.7 Å². The fourth-order valence-corrected chi connectivity index (χ4v) is 14.1. The van der Waals surface area contributed by atoms with Crippen molar-refractivity contribution in [1.82, 2.24) is 44.5 Å². The zero-order valence-electron chi connectivity index (χ0n) is 61.1. The Bertz CT molecular complexity index is 3080. The molecule has 2 N–H and O–H groups in total. The maximum atomic E-state index is 15.0. The van der Waals surface area contributed by atoms with Gasteiger partial charge in [0, 0.05) is 78.1 Å². The van der Waals surface area contributed by atoms with Crippen LogP contribution in [-0.4, -0.2) is 235 Å². The fourth-order valence-electron chi connectivity index (χ4n) is 14.1. The Hall–Kier alpha value is -6.66. The molecule has 96 heavy (non-hydrogen) atoms. The van der Waals surface area contributed by atoms with Crippen LogP contribution in [0.4, 0.5) is 5.69 Å². The van der Waals surface area contributed by atoms with Crippen molar-refractivity contribution in [3.8, 4) is 28.4 Å². The molecule has 1 aromatic heterocycles. The molecule has 3 aromatic rings. The summed E-state index contributed by atoms with van der Waals surface area (Å²) < 4.78 is 36.9. The molecule has 23 nitrogen and oxygen atoms in total. The number of carbonyl (C=O) groups excluding carboxylic acids is 7. The van der Waals surface area contributed by atoms with E-state index < -0.39 is 33.9 Å². The van der Waals surface area contributed by atoms with E-state index in [4.69, 9.17) is 33.5 Å². The average Bonchev–Trinajstić information content (AvgIpc) is 0.781. The smallest absolute Gasteiger partial charge is 0.332 e. The summed E-state index contributed by atoms with van der Waals surface area (Å²) in [6.45, 7) is 31.8. The van der Waals surface area contributed by atoms with E-state index in [1.807, 2.05) is 141 Å². The van der Waals surface area contributed by atoms with Crippen LogP contribution in [-0.2, 0) is 47.7 Å². The lowest BCUT2D eigenvalue weighted by atomic mass is 9.48. The maximum Gasteiger partial charge on any atom is 0.332 e. The Kier molecular flexibility index (Phi) is 26.2. The van der Waals surface area contributed by atoms with Crippen LogP contribution in [0.5, 0.6) is 11.5 Å². The predicted octanol–water partition coefficient (Wildman–Crippen LogP) is 8.69. The number of nitrogens with zero attached hydrogens (tertiary/aromatic N) is 8. The monoisotopic (exact) mass is 1340 g/mol. The second-order valence-electron chi connectivity index (χ2n) is 31.4. The molecule has 2 aromatic carbocycles. The second kappa shape index (κ2) is 32.8. The van der Waals surface area contributed by atoms with Crippen molar-refractivity contribution >= 4 is 47.3 Å². The van der Waals surface area contributed by atoms with Gasteiger partial charge in [0.15, 0.2) is 5.69 Å². The van der Waals surface area contributed by atoms with E-state index in [2.05, 4.69) is 34.3 Å². The van der Waals surface area contributed by atoms with Gasteiger partial charge in [-0.2, -0.15) is 5.10 Å². The predicted molar refractivity (Wildman–Crippen MR) is 370 cm³/mol. The summed E-state index contributed by atoms with van der Waals surface area (Å²) >= 11 is 0. The third-order valence-electron chi connectivity index (χ3n) is 18.3. The lowest BCUT2D eigenvalue weighted by Gasteiger charge is -2.59. The van der Waals surface area contributed by atoms with Crippen molar-refractivity contribution in [2.24, 2.45) is 23.7 Å². The number of ether oxygens (including phenoxy) is 6. The fraction of sp³-hybridized carbons (Fsp3) is 0.699. The lowest BCUT2D eigenvalue weighted by Crippen LogP contribution is -2.71. The summed E-state index contributed by atoms with van der Waals surface area (Å²) in [5.74, 6) is -0.203. The van der Waals surface area contributed by atoms with Gasteiger partial charge in [0.2, 0.25) is 11.8 Å². The molecule has 8 rings (SSSR count). The summed E-state index contributed by atoms with van der Waals surface area (Å²) in [6.07, 6.45) is 6.20. The number of aromatic nitrogens is 2. The number of nitrogens with one attached hydrogen (secondary N) is 2. The number of rotatable bonds is 25. The SMILES string of the molecule is COc1cccc(OC)c1-c1cc(C(=O)NC2(C(=O)OC(C)(C)C)C3CC4CC(C3)CC2C4)nn1-c1ccc(NC(=O)CCCN(C)CCCN(C)C(=O)CN2CCN(CC(=O)OC(C)(C)C)CCN(CC(=O)OC(C)(C)C)CCN(CC(=O)OC(C)(C)C)CC2)cc1C(C)C. The third-order valence-corrected chi connectivity index (χ3v) is 18.3. The molecular weight excluding hydrogens is 1220 g/mol. The van der Waals surface area contributed by atoms with E-state index in [-0.39, 0.29) is 91.7 Å². The van der Waals surface area contributed by atoms with Crippen LogP contribution < -0.4 is 20.1 Å². The van der Waals surface area contributed by atoms with E-state index >= 15 is 0 Å². The van der Waals surface area contributed by atoms with Gasteiger partial charge in [-0.1, -0.05) is 19.9 Å². The van der Waals surface area contributed by atoms with E-state index in [9.17, 15) is 33.6 Å². The number of benzene rings is 2. The Morgan fingerprint density at radius 2 is 1.03 bits per heavy atom.